The van der Waals surface area contributed by atoms with Gasteiger partial charge in [-0.1, -0.05) is 30.3 Å². The van der Waals surface area contributed by atoms with Crippen LogP contribution in [0.1, 0.15) is 15.9 Å². The molecular formula is C22H16F2O5. The van der Waals surface area contributed by atoms with Crippen molar-refractivity contribution in [3.8, 4) is 11.5 Å². The van der Waals surface area contributed by atoms with Crippen molar-refractivity contribution >= 4 is 28.6 Å². The molecule has 3 rings (SSSR count). The first-order valence-corrected chi connectivity index (χ1v) is 8.57. The first-order valence-electron chi connectivity index (χ1n) is 8.57. The van der Waals surface area contributed by atoms with E-state index in [1.807, 2.05) is 12.1 Å². The van der Waals surface area contributed by atoms with Crippen LogP contribution in [0, 0.1) is 0 Å². The number of carboxylic acid groups (broad SMARTS) is 1. The van der Waals surface area contributed by atoms with Crippen molar-refractivity contribution in [2.75, 3.05) is 6.61 Å². The zero-order valence-electron chi connectivity index (χ0n) is 15.0. The van der Waals surface area contributed by atoms with Crippen molar-refractivity contribution in [3.63, 3.8) is 0 Å². The van der Waals surface area contributed by atoms with E-state index in [1.165, 1.54) is 42.5 Å². The van der Waals surface area contributed by atoms with Gasteiger partial charge in [-0.15, -0.1) is 0 Å². The van der Waals surface area contributed by atoms with Crippen molar-refractivity contribution < 1.29 is 33.0 Å². The van der Waals surface area contributed by atoms with Crippen molar-refractivity contribution in [1.82, 2.24) is 0 Å². The molecule has 3 aromatic rings. The Bertz CT molecular complexity index is 1060. The molecule has 0 bridgehead atoms. The Morgan fingerprint density at radius 1 is 1.00 bits per heavy atom. The maximum atomic E-state index is 12.8. The lowest BCUT2D eigenvalue weighted by Gasteiger charge is -2.11. The standard InChI is InChI=1S/C22H16F2O5/c23-22(24)29-20-12-7-14-3-1-2-4-17(14)18(20)10-11-19(25)15-5-8-16(9-6-15)28-13-21(26)27/h1-12,22H,13H2,(H,26,27)/b11-10+. The number of hydrogen-bond acceptors (Lipinski definition) is 4. The van der Waals surface area contributed by atoms with E-state index in [0.29, 0.717) is 22.3 Å². The molecule has 148 valence electrons. The van der Waals surface area contributed by atoms with E-state index < -0.39 is 19.2 Å². The molecule has 3 aromatic carbocycles. The number of halogens is 2. The quantitative estimate of drug-likeness (QED) is 0.436. The first-order chi connectivity index (χ1) is 13.9. The summed E-state index contributed by atoms with van der Waals surface area (Å²) in [6.07, 6.45) is 2.71. The Balaban J connectivity index is 1.85. The van der Waals surface area contributed by atoms with Crippen LogP contribution in [-0.4, -0.2) is 30.1 Å². The fourth-order valence-electron chi connectivity index (χ4n) is 2.76. The van der Waals surface area contributed by atoms with Crippen molar-refractivity contribution in [1.29, 1.82) is 0 Å². The highest BCUT2D eigenvalue weighted by atomic mass is 19.3. The molecule has 0 unspecified atom stereocenters. The summed E-state index contributed by atoms with van der Waals surface area (Å²) in [7, 11) is 0. The average Bonchev–Trinajstić information content (AvgIpc) is 2.71. The van der Waals surface area contributed by atoms with E-state index in [1.54, 1.807) is 18.2 Å². The topological polar surface area (TPSA) is 72.8 Å². The van der Waals surface area contributed by atoms with Gasteiger partial charge in [0.15, 0.2) is 12.4 Å². The second kappa shape index (κ2) is 8.97. The van der Waals surface area contributed by atoms with Crippen LogP contribution < -0.4 is 9.47 Å². The molecule has 5 nitrogen and oxygen atoms in total. The number of aliphatic carboxylic acids is 1. The van der Waals surface area contributed by atoms with Crippen LogP contribution in [0.5, 0.6) is 11.5 Å². The third-order valence-electron chi connectivity index (χ3n) is 4.05. The zero-order valence-corrected chi connectivity index (χ0v) is 15.0. The minimum Gasteiger partial charge on any atom is -0.482 e. The maximum Gasteiger partial charge on any atom is 0.387 e. The lowest BCUT2D eigenvalue weighted by molar-refractivity contribution is -0.139. The van der Waals surface area contributed by atoms with Gasteiger partial charge in [-0.3, -0.25) is 4.79 Å². The smallest absolute Gasteiger partial charge is 0.387 e. The average molecular weight is 398 g/mol. The summed E-state index contributed by atoms with van der Waals surface area (Å²) in [4.78, 5) is 23.0. The van der Waals surface area contributed by atoms with E-state index in [-0.39, 0.29) is 11.5 Å². The van der Waals surface area contributed by atoms with Gasteiger partial charge in [0.1, 0.15) is 11.5 Å². The van der Waals surface area contributed by atoms with Crippen LogP contribution in [0.15, 0.2) is 66.7 Å². The summed E-state index contributed by atoms with van der Waals surface area (Å²) in [5.74, 6) is -1.18. The van der Waals surface area contributed by atoms with Gasteiger partial charge >= 0.3 is 12.6 Å². The molecule has 0 aliphatic rings. The highest BCUT2D eigenvalue weighted by molar-refractivity contribution is 6.08. The molecule has 0 atom stereocenters. The number of allylic oxidation sites excluding steroid dienone is 1. The van der Waals surface area contributed by atoms with Crippen molar-refractivity contribution in [3.05, 3.63) is 77.9 Å². The van der Waals surface area contributed by atoms with Gasteiger partial charge in [0.25, 0.3) is 0 Å². The molecule has 0 heterocycles. The van der Waals surface area contributed by atoms with Crippen molar-refractivity contribution in [2.45, 2.75) is 6.61 Å². The second-order valence-corrected chi connectivity index (χ2v) is 5.98. The summed E-state index contributed by atoms with van der Waals surface area (Å²) in [6.45, 7) is -3.47. The van der Waals surface area contributed by atoms with Gasteiger partial charge < -0.3 is 14.6 Å². The summed E-state index contributed by atoms with van der Waals surface area (Å²) in [6, 6.07) is 16.2. The van der Waals surface area contributed by atoms with Crippen LogP contribution in [0.25, 0.3) is 16.8 Å². The molecule has 1 N–H and O–H groups in total. The molecule has 7 heteroatoms. The number of ketones is 1. The highest BCUT2D eigenvalue weighted by Crippen LogP contribution is 2.30. The number of carbonyl (C=O) groups is 2. The summed E-state index contributed by atoms with van der Waals surface area (Å²) in [5.41, 5.74) is 0.707. The molecule has 0 radical (unpaired) electrons. The molecule has 0 fully saturated rings. The van der Waals surface area contributed by atoms with Crippen molar-refractivity contribution in [2.24, 2.45) is 0 Å². The Hall–Kier alpha value is -3.74. The largest absolute Gasteiger partial charge is 0.482 e. The monoisotopic (exact) mass is 398 g/mol. The minimum absolute atomic E-state index is 0.0276. The Kier molecular flexibility index (Phi) is 6.19. The molecule has 0 aromatic heterocycles. The number of benzene rings is 3. The number of carboxylic acids is 1. The fourth-order valence-corrected chi connectivity index (χ4v) is 2.76. The molecular weight excluding hydrogens is 382 g/mol. The number of carbonyl (C=O) groups excluding carboxylic acids is 1. The van der Waals surface area contributed by atoms with Gasteiger partial charge in [-0.25, -0.2) is 4.79 Å². The fraction of sp³-hybridized carbons (Fsp3) is 0.0909. The normalized spacial score (nSPS) is 11.1. The van der Waals surface area contributed by atoms with Crippen LogP contribution in [0.2, 0.25) is 0 Å². The lowest BCUT2D eigenvalue weighted by Crippen LogP contribution is -2.09. The van der Waals surface area contributed by atoms with Crippen LogP contribution in [-0.2, 0) is 4.79 Å². The number of rotatable bonds is 8. The molecule has 0 aliphatic heterocycles. The van der Waals surface area contributed by atoms with E-state index in [9.17, 15) is 18.4 Å². The highest BCUT2D eigenvalue weighted by Gasteiger charge is 2.12. The Morgan fingerprint density at radius 2 is 1.72 bits per heavy atom. The van der Waals surface area contributed by atoms with Crippen LogP contribution in [0.4, 0.5) is 8.78 Å². The first kappa shape index (κ1) is 20.0. The third-order valence-corrected chi connectivity index (χ3v) is 4.05. The maximum absolute atomic E-state index is 12.8. The van der Waals surface area contributed by atoms with Gasteiger partial charge in [0.05, 0.1) is 0 Å². The summed E-state index contributed by atoms with van der Waals surface area (Å²) >= 11 is 0. The molecule has 0 amide bonds. The number of hydrogen-bond donors (Lipinski definition) is 1. The minimum atomic E-state index is -2.99. The van der Waals surface area contributed by atoms with Gasteiger partial charge in [0.2, 0.25) is 0 Å². The number of ether oxygens (including phenoxy) is 2. The summed E-state index contributed by atoms with van der Waals surface area (Å²) in [5, 5.41) is 10.1. The SMILES string of the molecule is O=C(O)COc1ccc(C(=O)/C=C/c2c(OC(F)F)ccc3ccccc23)cc1. The van der Waals surface area contributed by atoms with Crippen LogP contribution in [0.3, 0.4) is 0 Å². The van der Waals surface area contributed by atoms with Gasteiger partial charge in [-0.05, 0) is 53.3 Å². The van der Waals surface area contributed by atoms with Gasteiger partial charge in [0, 0.05) is 11.1 Å². The van der Waals surface area contributed by atoms with E-state index in [2.05, 4.69) is 4.74 Å². The van der Waals surface area contributed by atoms with E-state index in [0.717, 1.165) is 5.39 Å². The lowest BCUT2D eigenvalue weighted by atomic mass is 10.0. The van der Waals surface area contributed by atoms with E-state index in [4.69, 9.17) is 9.84 Å². The molecule has 29 heavy (non-hydrogen) atoms. The number of fused-ring (bicyclic) bond motifs is 1. The number of alkyl halides is 2. The zero-order chi connectivity index (χ0) is 20.8. The molecule has 0 spiro atoms. The molecule has 0 saturated heterocycles. The Labute approximate surface area is 164 Å². The molecule has 0 saturated carbocycles. The third kappa shape index (κ3) is 5.16. The summed E-state index contributed by atoms with van der Waals surface area (Å²) < 4.78 is 35.1. The predicted octanol–water partition coefficient (Wildman–Crippen LogP) is 4.80. The predicted molar refractivity (Wildman–Crippen MR) is 104 cm³/mol. The van der Waals surface area contributed by atoms with E-state index >= 15 is 0 Å². The van der Waals surface area contributed by atoms with Gasteiger partial charge in [-0.2, -0.15) is 8.78 Å². The second-order valence-electron chi connectivity index (χ2n) is 5.98. The Morgan fingerprint density at radius 3 is 2.41 bits per heavy atom. The molecule has 0 aliphatic carbocycles. The van der Waals surface area contributed by atoms with Crippen LogP contribution >= 0.6 is 0 Å².